The number of halogens is 3. The summed E-state index contributed by atoms with van der Waals surface area (Å²) in [7, 11) is 0. The zero-order chi connectivity index (χ0) is 13.7. The fourth-order valence-corrected chi connectivity index (χ4v) is 1.86. The molecule has 2 rings (SSSR count). The summed E-state index contributed by atoms with van der Waals surface area (Å²) in [6, 6.07) is 7.88. The largest absolute Gasteiger partial charge is 0.411 e. The van der Waals surface area contributed by atoms with E-state index in [9.17, 15) is 13.2 Å². The molecule has 0 radical (unpaired) electrons. The van der Waals surface area contributed by atoms with Crippen LogP contribution in [0.5, 0.6) is 0 Å². The van der Waals surface area contributed by atoms with Crippen LogP contribution in [0.3, 0.4) is 0 Å². The number of hydrogen-bond acceptors (Lipinski definition) is 2. The lowest BCUT2D eigenvalue weighted by Crippen LogP contribution is -2.23. The Morgan fingerprint density at radius 2 is 2.05 bits per heavy atom. The summed E-state index contributed by atoms with van der Waals surface area (Å²) in [5.41, 5.74) is 2.15. The molecule has 2 aromatic rings. The third-order valence-corrected chi connectivity index (χ3v) is 2.69. The molecule has 0 atom stereocenters. The van der Waals surface area contributed by atoms with Crippen LogP contribution in [0.25, 0.3) is 10.9 Å². The van der Waals surface area contributed by atoms with Crippen molar-refractivity contribution < 1.29 is 17.9 Å². The number of alkyl halides is 3. The summed E-state index contributed by atoms with van der Waals surface area (Å²) in [4.78, 5) is 3.11. The van der Waals surface area contributed by atoms with E-state index in [4.69, 9.17) is 0 Å². The summed E-state index contributed by atoms with van der Waals surface area (Å²) < 4.78 is 40.0. The van der Waals surface area contributed by atoms with Crippen molar-refractivity contribution >= 4 is 10.9 Å². The van der Waals surface area contributed by atoms with Crippen LogP contribution in [-0.4, -0.2) is 30.9 Å². The average Bonchev–Trinajstić information content (AvgIpc) is 2.81. The number of benzene rings is 1. The van der Waals surface area contributed by atoms with Gasteiger partial charge in [-0.05, 0) is 17.7 Å². The molecule has 1 aromatic carbocycles. The highest BCUT2D eigenvalue weighted by atomic mass is 19.4. The van der Waals surface area contributed by atoms with E-state index in [1.165, 1.54) is 0 Å². The fraction of sp³-hybridized carbons (Fsp3) is 0.385. The van der Waals surface area contributed by atoms with Crippen LogP contribution in [0.4, 0.5) is 13.2 Å². The number of rotatable bonds is 6. The van der Waals surface area contributed by atoms with Crippen molar-refractivity contribution in [1.82, 2.24) is 10.3 Å². The Morgan fingerprint density at radius 3 is 2.84 bits per heavy atom. The maximum Gasteiger partial charge on any atom is 0.411 e. The smallest absolute Gasteiger partial charge is 0.371 e. The van der Waals surface area contributed by atoms with Crippen LogP contribution >= 0.6 is 0 Å². The van der Waals surface area contributed by atoms with Gasteiger partial charge in [0.25, 0.3) is 0 Å². The van der Waals surface area contributed by atoms with Gasteiger partial charge in [-0.25, -0.2) is 0 Å². The van der Waals surface area contributed by atoms with Crippen molar-refractivity contribution in [3.63, 3.8) is 0 Å². The fourth-order valence-electron chi connectivity index (χ4n) is 1.86. The summed E-state index contributed by atoms with van der Waals surface area (Å²) in [5, 5.41) is 4.18. The van der Waals surface area contributed by atoms with Gasteiger partial charge in [0.15, 0.2) is 0 Å². The highest BCUT2D eigenvalue weighted by Gasteiger charge is 2.27. The monoisotopic (exact) mass is 272 g/mol. The van der Waals surface area contributed by atoms with Gasteiger partial charge in [0, 0.05) is 30.2 Å². The van der Waals surface area contributed by atoms with Gasteiger partial charge in [-0.1, -0.05) is 12.1 Å². The van der Waals surface area contributed by atoms with Crippen molar-refractivity contribution in [2.24, 2.45) is 0 Å². The van der Waals surface area contributed by atoms with Crippen molar-refractivity contribution in [3.05, 3.63) is 36.0 Å². The standard InChI is InChI=1S/C13H15F3N2O/c14-13(15,16)9-19-7-6-17-8-10-2-1-3-12-11(10)4-5-18-12/h1-5,17-18H,6-9H2. The van der Waals surface area contributed by atoms with E-state index in [0.29, 0.717) is 13.1 Å². The average molecular weight is 272 g/mol. The number of ether oxygens (including phenoxy) is 1. The molecule has 2 N–H and O–H groups in total. The summed E-state index contributed by atoms with van der Waals surface area (Å²) >= 11 is 0. The number of aromatic nitrogens is 1. The normalized spacial score (nSPS) is 12.2. The second-order valence-corrected chi connectivity index (χ2v) is 4.20. The van der Waals surface area contributed by atoms with E-state index >= 15 is 0 Å². The molecule has 0 aliphatic rings. The lowest BCUT2D eigenvalue weighted by molar-refractivity contribution is -0.173. The molecule has 19 heavy (non-hydrogen) atoms. The van der Waals surface area contributed by atoms with Crippen molar-refractivity contribution in [2.75, 3.05) is 19.8 Å². The van der Waals surface area contributed by atoms with Crippen molar-refractivity contribution in [2.45, 2.75) is 12.7 Å². The molecule has 0 saturated carbocycles. The van der Waals surface area contributed by atoms with Gasteiger partial charge < -0.3 is 15.0 Å². The van der Waals surface area contributed by atoms with Gasteiger partial charge in [0.1, 0.15) is 6.61 Å². The molecular weight excluding hydrogens is 257 g/mol. The van der Waals surface area contributed by atoms with Crippen LogP contribution in [0.2, 0.25) is 0 Å². The van der Waals surface area contributed by atoms with Crippen LogP contribution in [0, 0.1) is 0 Å². The van der Waals surface area contributed by atoms with Gasteiger partial charge in [-0.15, -0.1) is 0 Å². The van der Waals surface area contributed by atoms with Gasteiger partial charge in [-0.3, -0.25) is 0 Å². The molecule has 0 bridgehead atoms. The highest BCUT2D eigenvalue weighted by Crippen LogP contribution is 2.17. The minimum Gasteiger partial charge on any atom is -0.371 e. The summed E-state index contributed by atoms with van der Waals surface area (Å²) in [6.45, 7) is -0.161. The first kappa shape index (κ1) is 13.9. The second-order valence-electron chi connectivity index (χ2n) is 4.20. The predicted octanol–water partition coefficient (Wildman–Crippen LogP) is 2.84. The van der Waals surface area contributed by atoms with Crippen molar-refractivity contribution in [3.8, 4) is 0 Å². The minimum atomic E-state index is -4.25. The van der Waals surface area contributed by atoms with E-state index in [1.54, 1.807) is 0 Å². The maximum absolute atomic E-state index is 11.8. The minimum absolute atomic E-state index is 0.0443. The number of hydrogen-bond donors (Lipinski definition) is 2. The molecule has 6 heteroatoms. The molecule has 0 aliphatic carbocycles. The third-order valence-electron chi connectivity index (χ3n) is 2.69. The first-order valence-electron chi connectivity index (χ1n) is 5.96. The summed E-state index contributed by atoms with van der Waals surface area (Å²) in [5.74, 6) is 0. The Labute approximate surface area is 108 Å². The molecule has 0 fully saturated rings. The molecular formula is C13H15F3N2O. The van der Waals surface area contributed by atoms with Crippen molar-refractivity contribution in [1.29, 1.82) is 0 Å². The number of H-pyrrole nitrogens is 1. The Hall–Kier alpha value is -1.53. The zero-order valence-electron chi connectivity index (χ0n) is 10.3. The third kappa shape index (κ3) is 4.25. The maximum atomic E-state index is 11.8. The predicted molar refractivity (Wildman–Crippen MR) is 66.9 cm³/mol. The second kappa shape index (κ2) is 6.08. The quantitative estimate of drug-likeness (QED) is 0.793. The molecule has 0 spiro atoms. The molecule has 3 nitrogen and oxygen atoms in total. The molecule has 0 saturated heterocycles. The topological polar surface area (TPSA) is 37.0 Å². The van der Waals surface area contributed by atoms with Crippen LogP contribution < -0.4 is 5.32 Å². The van der Waals surface area contributed by atoms with Gasteiger partial charge >= 0.3 is 6.18 Å². The van der Waals surface area contributed by atoms with E-state index in [2.05, 4.69) is 15.0 Å². The van der Waals surface area contributed by atoms with E-state index in [-0.39, 0.29) is 6.61 Å². The lowest BCUT2D eigenvalue weighted by Gasteiger charge is -2.09. The van der Waals surface area contributed by atoms with Crippen LogP contribution in [-0.2, 0) is 11.3 Å². The zero-order valence-corrected chi connectivity index (χ0v) is 10.3. The van der Waals surface area contributed by atoms with E-state index in [1.807, 2.05) is 30.5 Å². The first-order chi connectivity index (χ1) is 9.06. The molecule has 0 unspecified atom stereocenters. The summed E-state index contributed by atoms with van der Waals surface area (Å²) in [6.07, 6.45) is -2.39. The van der Waals surface area contributed by atoms with Crippen LogP contribution in [0.1, 0.15) is 5.56 Å². The Morgan fingerprint density at radius 1 is 1.21 bits per heavy atom. The highest BCUT2D eigenvalue weighted by molar-refractivity contribution is 5.82. The molecule has 1 heterocycles. The van der Waals surface area contributed by atoms with E-state index < -0.39 is 12.8 Å². The lowest BCUT2D eigenvalue weighted by atomic mass is 10.1. The Bertz CT molecular complexity index is 522. The molecule has 104 valence electrons. The number of nitrogens with one attached hydrogen (secondary N) is 2. The first-order valence-corrected chi connectivity index (χ1v) is 5.96. The number of fused-ring (bicyclic) bond motifs is 1. The molecule has 0 amide bonds. The van der Waals surface area contributed by atoms with E-state index in [0.717, 1.165) is 16.5 Å². The number of aromatic amines is 1. The Balaban J connectivity index is 1.73. The van der Waals surface area contributed by atoms with Gasteiger partial charge in [0.05, 0.1) is 6.61 Å². The van der Waals surface area contributed by atoms with Gasteiger partial charge in [0.2, 0.25) is 0 Å². The SMILES string of the molecule is FC(F)(F)COCCNCc1cccc2[nH]ccc12. The van der Waals surface area contributed by atoms with Gasteiger partial charge in [-0.2, -0.15) is 13.2 Å². The molecule has 1 aromatic heterocycles. The van der Waals surface area contributed by atoms with Crippen LogP contribution in [0.15, 0.2) is 30.5 Å². The molecule has 0 aliphatic heterocycles. The Kier molecular flexibility index (Phi) is 4.44.